The van der Waals surface area contributed by atoms with E-state index in [-0.39, 0.29) is 6.10 Å². The first kappa shape index (κ1) is 13.5. The van der Waals surface area contributed by atoms with Crippen LogP contribution in [-0.4, -0.2) is 12.7 Å². The van der Waals surface area contributed by atoms with Gasteiger partial charge in [-0.1, -0.05) is 35.9 Å². The molecule has 0 saturated heterocycles. The van der Waals surface area contributed by atoms with Gasteiger partial charge in [-0.2, -0.15) is 0 Å². The Kier molecular flexibility index (Phi) is 3.52. The highest BCUT2D eigenvalue weighted by molar-refractivity contribution is 5.68. The number of fused-ring (bicyclic) bond motifs is 1. The SMILES string of the molecule is Cc1ccc(-c2ccc3c(c2)C(OC(N)=O)CCO3)cc1. The fourth-order valence-corrected chi connectivity index (χ4v) is 2.55. The number of primary amides is 1. The van der Waals surface area contributed by atoms with Crippen molar-refractivity contribution in [3.8, 4) is 16.9 Å². The molecule has 2 aromatic carbocycles. The van der Waals surface area contributed by atoms with Crippen LogP contribution in [0.25, 0.3) is 11.1 Å². The topological polar surface area (TPSA) is 61.5 Å². The van der Waals surface area contributed by atoms with E-state index in [1.165, 1.54) is 5.56 Å². The predicted octanol–water partition coefficient (Wildman–Crippen LogP) is 3.58. The molecular formula is C17H17NO3. The molecule has 1 aliphatic heterocycles. The summed E-state index contributed by atoms with van der Waals surface area (Å²) >= 11 is 0. The Bertz CT molecular complexity index is 664. The Morgan fingerprint density at radius 1 is 1.19 bits per heavy atom. The molecule has 1 amide bonds. The van der Waals surface area contributed by atoms with E-state index < -0.39 is 6.09 Å². The van der Waals surface area contributed by atoms with Gasteiger partial charge in [0, 0.05) is 12.0 Å². The van der Waals surface area contributed by atoms with Crippen molar-refractivity contribution < 1.29 is 14.3 Å². The first-order chi connectivity index (χ1) is 10.1. The number of ether oxygens (including phenoxy) is 2. The maximum absolute atomic E-state index is 11.0. The summed E-state index contributed by atoms with van der Waals surface area (Å²) in [5.74, 6) is 0.753. The standard InChI is InChI=1S/C17H17NO3/c1-11-2-4-12(5-3-11)13-6-7-15-14(10-13)16(8-9-20-15)21-17(18)19/h2-7,10,16H,8-9H2,1H3,(H2,18,19). The van der Waals surface area contributed by atoms with Crippen molar-refractivity contribution in [3.63, 3.8) is 0 Å². The lowest BCUT2D eigenvalue weighted by atomic mass is 9.96. The van der Waals surface area contributed by atoms with Crippen LogP contribution in [0.1, 0.15) is 23.7 Å². The number of carbonyl (C=O) groups excluding carboxylic acids is 1. The minimum atomic E-state index is -0.756. The van der Waals surface area contributed by atoms with Crippen LogP contribution >= 0.6 is 0 Å². The van der Waals surface area contributed by atoms with Crippen molar-refractivity contribution in [1.29, 1.82) is 0 Å². The van der Waals surface area contributed by atoms with E-state index >= 15 is 0 Å². The van der Waals surface area contributed by atoms with Gasteiger partial charge < -0.3 is 15.2 Å². The molecule has 0 bridgehead atoms. The van der Waals surface area contributed by atoms with Gasteiger partial charge in [-0.15, -0.1) is 0 Å². The molecule has 0 spiro atoms. The molecule has 3 rings (SSSR count). The van der Waals surface area contributed by atoms with Crippen molar-refractivity contribution in [2.24, 2.45) is 5.73 Å². The van der Waals surface area contributed by atoms with E-state index in [1.807, 2.05) is 18.2 Å². The largest absolute Gasteiger partial charge is 0.493 e. The highest BCUT2D eigenvalue weighted by atomic mass is 16.6. The third-order valence-corrected chi connectivity index (χ3v) is 3.64. The van der Waals surface area contributed by atoms with E-state index in [0.717, 1.165) is 22.4 Å². The van der Waals surface area contributed by atoms with Gasteiger partial charge in [0.25, 0.3) is 0 Å². The van der Waals surface area contributed by atoms with E-state index in [0.29, 0.717) is 13.0 Å². The molecule has 108 valence electrons. The summed E-state index contributed by atoms with van der Waals surface area (Å²) in [6, 6.07) is 14.2. The molecule has 1 atom stereocenters. The van der Waals surface area contributed by atoms with Crippen LogP contribution in [0.3, 0.4) is 0 Å². The molecule has 1 aliphatic rings. The third kappa shape index (κ3) is 2.84. The lowest BCUT2D eigenvalue weighted by molar-refractivity contribution is 0.0766. The van der Waals surface area contributed by atoms with Crippen LogP contribution in [-0.2, 0) is 4.74 Å². The summed E-state index contributed by atoms with van der Waals surface area (Å²) in [5, 5.41) is 0. The molecule has 0 aromatic heterocycles. The van der Waals surface area contributed by atoms with Gasteiger partial charge in [-0.3, -0.25) is 0 Å². The Balaban J connectivity index is 1.98. The van der Waals surface area contributed by atoms with E-state index in [1.54, 1.807) is 0 Å². The summed E-state index contributed by atoms with van der Waals surface area (Å²) in [6.07, 6.45) is -0.474. The van der Waals surface area contributed by atoms with Gasteiger partial charge in [0.2, 0.25) is 0 Å². The molecule has 0 aliphatic carbocycles. The Morgan fingerprint density at radius 3 is 2.62 bits per heavy atom. The number of benzene rings is 2. The average molecular weight is 283 g/mol. The van der Waals surface area contributed by atoms with Crippen LogP contribution in [0.15, 0.2) is 42.5 Å². The molecule has 0 radical (unpaired) electrons. The summed E-state index contributed by atoms with van der Waals surface area (Å²) < 4.78 is 10.8. The molecule has 4 nitrogen and oxygen atoms in total. The normalized spacial score (nSPS) is 16.7. The highest BCUT2D eigenvalue weighted by Gasteiger charge is 2.24. The van der Waals surface area contributed by atoms with Gasteiger partial charge in [0.05, 0.1) is 6.61 Å². The molecule has 21 heavy (non-hydrogen) atoms. The predicted molar refractivity (Wildman–Crippen MR) is 80.1 cm³/mol. The lowest BCUT2D eigenvalue weighted by Crippen LogP contribution is -2.22. The maximum Gasteiger partial charge on any atom is 0.405 e. The second kappa shape index (κ2) is 5.48. The second-order valence-electron chi connectivity index (χ2n) is 5.18. The van der Waals surface area contributed by atoms with Gasteiger partial charge >= 0.3 is 6.09 Å². The minimum absolute atomic E-state index is 0.336. The van der Waals surface area contributed by atoms with Crippen molar-refractivity contribution in [2.45, 2.75) is 19.4 Å². The number of nitrogens with two attached hydrogens (primary N) is 1. The van der Waals surface area contributed by atoms with E-state index in [4.69, 9.17) is 15.2 Å². The number of amides is 1. The summed E-state index contributed by atoms with van der Waals surface area (Å²) in [5.41, 5.74) is 9.42. The zero-order chi connectivity index (χ0) is 14.8. The maximum atomic E-state index is 11.0. The number of carbonyl (C=O) groups is 1. The molecule has 0 saturated carbocycles. The lowest BCUT2D eigenvalue weighted by Gasteiger charge is -2.25. The monoisotopic (exact) mass is 283 g/mol. The number of aryl methyl sites for hydroxylation is 1. The van der Waals surface area contributed by atoms with Crippen LogP contribution in [0.4, 0.5) is 4.79 Å². The average Bonchev–Trinajstić information content (AvgIpc) is 2.47. The fraction of sp³-hybridized carbons (Fsp3) is 0.235. The molecule has 0 fully saturated rings. The van der Waals surface area contributed by atoms with E-state index in [9.17, 15) is 4.79 Å². The fourth-order valence-electron chi connectivity index (χ4n) is 2.55. The Morgan fingerprint density at radius 2 is 1.90 bits per heavy atom. The quantitative estimate of drug-likeness (QED) is 0.916. The molecule has 4 heteroatoms. The van der Waals surface area contributed by atoms with Crippen molar-refractivity contribution in [3.05, 3.63) is 53.6 Å². The third-order valence-electron chi connectivity index (χ3n) is 3.64. The molecule has 1 heterocycles. The molecule has 2 aromatic rings. The highest BCUT2D eigenvalue weighted by Crippen LogP contribution is 2.37. The van der Waals surface area contributed by atoms with Gasteiger partial charge in [-0.25, -0.2) is 4.79 Å². The molecular weight excluding hydrogens is 266 g/mol. The summed E-state index contributed by atoms with van der Waals surface area (Å²) in [7, 11) is 0. The van der Waals surface area contributed by atoms with Crippen LogP contribution < -0.4 is 10.5 Å². The molecule has 1 unspecified atom stereocenters. The van der Waals surface area contributed by atoms with Crippen molar-refractivity contribution >= 4 is 6.09 Å². The Hall–Kier alpha value is -2.49. The first-order valence-corrected chi connectivity index (χ1v) is 6.93. The number of rotatable bonds is 2. The second-order valence-corrected chi connectivity index (χ2v) is 5.18. The zero-order valence-electron chi connectivity index (χ0n) is 11.8. The van der Waals surface area contributed by atoms with Gasteiger partial charge in [0.15, 0.2) is 0 Å². The summed E-state index contributed by atoms with van der Waals surface area (Å²) in [4.78, 5) is 11.0. The van der Waals surface area contributed by atoms with E-state index in [2.05, 4.69) is 31.2 Å². The van der Waals surface area contributed by atoms with Crippen LogP contribution in [0, 0.1) is 6.92 Å². The van der Waals surface area contributed by atoms with Crippen molar-refractivity contribution in [1.82, 2.24) is 0 Å². The summed E-state index contributed by atoms with van der Waals surface area (Å²) in [6.45, 7) is 2.58. The van der Waals surface area contributed by atoms with Crippen molar-refractivity contribution in [2.75, 3.05) is 6.61 Å². The van der Waals surface area contributed by atoms with Crippen LogP contribution in [0.5, 0.6) is 5.75 Å². The van der Waals surface area contributed by atoms with Gasteiger partial charge in [-0.05, 0) is 30.2 Å². The molecule has 2 N–H and O–H groups in total. The zero-order valence-corrected chi connectivity index (χ0v) is 11.8. The first-order valence-electron chi connectivity index (χ1n) is 6.93. The minimum Gasteiger partial charge on any atom is -0.493 e. The smallest absolute Gasteiger partial charge is 0.405 e. The Labute approximate surface area is 123 Å². The number of hydrogen-bond donors (Lipinski definition) is 1. The number of hydrogen-bond acceptors (Lipinski definition) is 3. The van der Waals surface area contributed by atoms with Gasteiger partial charge in [0.1, 0.15) is 11.9 Å². The van der Waals surface area contributed by atoms with Crippen LogP contribution in [0.2, 0.25) is 0 Å².